The van der Waals surface area contributed by atoms with Gasteiger partial charge in [-0.25, -0.2) is 4.79 Å². The zero-order valence-corrected chi connectivity index (χ0v) is 16.6. The smallest absolute Gasteiger partial charge is 0.489 e. The van der Waals surface area contributed by atoms with E-state index in [4.69, 9.17) is 19.2 Å². The molecule has 28 heavy (non-hydrogen) atoms. The van der Waals surface area contributed by atoms with Crippen LogP contribution >= 0.6 is 0 Å². The van der Waals surface area contributed by atoms with Crippen LogP contribution in [0.3, 0.4) is 0 Å². The van der Waals surface area contributed by atoms with Crippen LogP contribution in [0.1, 0.15) is 38.8 Å². The number of ether oxygens (including phenoxy) is 1. The Morgan fingerprint density at radius 1 is 1.07 bits per heavy atom. The van der Waals surface area contributed by atoms with Crippen molar-refractivity contribution >= 4 is 24.6 Å². The van der Waals surface area contributed by atoms with E-state index in [1.807, 2.05) is 76.2 Å². The summed E-state index contributed by atoms with van der Waals surface area (Å²) in [4.78, 5) is 11.0. The van der Waals surface area contributed by atoms with Crippen molar-refractivity contribution < 1.29 is 23.9 Å². The highest BCUT2D eigenvalue weighted by Crippen LogP contribution is 2.37. The van der Waals surface area contributed by atoms with Crippen molar-refractivity contribution in [2.75, 3.05) is 0 Å². The second kappa shape index (κ2) is 7.82. The number of rotatable bonds is 6. The topological polar surface area (TPSA) is 65.0 Å². The van der Waals surface area contributed by atoms with Crippen LogP contribution in [0.2, 0.25) is 0 Å². The van der Waals surface area contributed by atoms with E-state index in [1.165, 1.54) is 6.08 Å². The molecule has 1 fully saturated rings. The minimum absolute atomic E-state index is 0.429. The van der Waals surface area contributed by atoms with E-state index in [9.17, 15) is 4.79 Å². The van der Waals surface area contributed by atoms with Crippen LogP contribution in [0.15, 0.2) is 54.6 Å². The molecule has 5 nitrogen and oxygen atoms in total. The minimum Gasteiger partial charge on any atom is -0.489 e. The summed E-state index contributed by atoms with van der Waals surface area (Å²) in [5.41, 5.74) is 1.55. The van der Waals surface area contributed by atoms with Crippen LogP contribution in [-0.2, 0) is 20.7 Å². The first-order valence-electron chi connectivity index (χ1n) is 9.25. The largest absolute Gasteiger partial charge is 0.495 e. The van der Waals surface area contributed by atoms with Gasteiger partial charge in [0.05, 0.1) is 11.2 Å². The third-order valence-electron chi connectivity index (χ3n) is 5.22. The van der Waals surface area contributed by atoms with Gasteiger partial charge in [-0.3, -0.25) is 0 Å². The molecule has 0 unspecified atom stereocenters. The molecule has 0 aromatic heterocycles. The molecular weight excluding hydrogens is 355 g/mol. The lowest BCUT2D eigenvalue weighted by atomic mass is 9.75. The number of aliphatic carboxylic acids is 1. The van der Waals surface area contributed by atoms with Crippen molar-refractivity contribution in [2.24, 2.45) is 0 Å². The van der Waals surface area contributed by atoms with Gasteiger partial charge < -0.3 is 19.2 Å². The second-order valence-electron chi connectivity index (χ2n) is 7.82. The zero-order chi connectivity index (χ0) is 20.4. The van der Waals surface area contributed by atoms with E-state index < -0.39 is 24.3 Å². The maximum Gasteiger partial charge on any atom is 0.495 e. The number of hydrogen-bond donors (Lipinski definition) is 1. The summed E-state index contributed by atoms with van der Waals surface area (Å²) in [6.07, 6.45) is 2.64. The van der Waals surface area contributed by atoms with E-state index >= 15 is 0 Å². The van der Waals surface area contributed by atoms with Gasteiger partial charge in [0.2, 0.25) is 0 Å². The predicted octanol–water partition coefficient (Wildman–Crippen LogP) is 3.66. The molecule has 2 aromatic carbocycles. The van der Waals surface area contributed by atoms with Crippen molar-refractivity contribution in [1.29, 1.82) is 0 Å². The first kappa shape index (κ1) is 20.2. The Labute approximate surface area is 166 Å². The monoisotopic (exact) mass is 380 g/mol. The van der Waals surface area contributed by atoms with Crippen molar-refractivity contribution in [3.05, 3.63) is 65.7 Å². The molecule has 2 aromatic rings. The van der Waals surface area contributed by atoms with E-state index in [0.717, 1.165) is 17.1 Å². The number of benzene rings is 2. The SMILES string of the molecule is CC1(C)OB(c2ccc(OCc3ccccc3)cc2/C=C/C(=O)O)OC1(C)C. The lowest BCUT2D eigenvalue weighted by molar-refractivity contribution is -0.131. The quantitative estimate of drug-likeness (QED) is 0.612. The molecule has 0 atom stereocenters. The van der Waals surface area contributed by atoms with E-state index in [-0.39, 0.29) is 0 Å². The molecule has 0 aliphatic carbocycles. The Morgan fingerprint density at radius 3 is 2.32 bits per heavy atom. The summed E-state index contributed by atoms with van der Waals surface area (Å²) in [6, 6.07) is 15.4. The Hall–Kier alpha value is -2.57. The van der Waals surface area contributed by atoms with Gasteiger partial charge in [0.25, 0.3) is 0 Å². The highest BCUT2D eigenvalue weighted by Gasteiger charge is 2.52. The first-order valence-corrected chi connectivity index (χ1v) is 9.25. The fourth-order valence-electron chi connectivity index (χ4n) is 2.87. The number of carbonyl (C=O) groups is 1. The first-order chi connectivity index (χ1) is 13.2. The molecule has 0 spiro atoms. The van der Waals surface area contributed by atoms with Crippen molar-refractivity contribution in [3.63, 3.8) is 0 Å². The lowest BCUT2D eigenvalue weighted by Gasteiger charge is -2.32. The number of carboxylic acid groups (broad SMARTS) is 1. The Morgan fingerprint density at radius 2 is 1.71 bits per heavy atom. The van der Waals surface area contributed by atoms with Crippen molar-refractivity contribution in [3.8, 4) is 5.75 Å². The summed E-state index contributed by atoms with van der Waals surface area (Å²) in [6.45, 7) is 8.36. The molecule has 3 rings (SSSR count). The highest BCUT2D eigenvalue weighted by atomic mass is 16.7. The summed E-state index contributed by atoms with van der Waals surface area (Å²) in [7, 11) is -0.582. The molecule has 0 saturated carbocycles. The number of hydrogen-bond acceptors (Lipinski definition) is 4. The molecule has 1 saturated heterocycles. The lowest BCUT2D eigenvalue weighted by Crippen LogP contribution is -2.41. The Balaban J connectivity index is 1.87. The van der Waals surface area contributed by atoms with Gasteiger partial charge in [0, 0.05) is 6.08 Å². The molecule has 0 amide bonds. The standard InChI is InChI=1S/C22H25BO5/c1-21(2)22(3,4)28-23(27-21)19-12-11-18(14-17(19)10-13-20(24)25)26-15-16-8-6-5-7-9-16/h5-14H,15H2,1-4H3,(H,24,25)/b13-10+. The normalized spacial score (nSPS) is 17.8. The summed E-state index contributed by atoms with van der Waals surface area (Å²) in [5, 5.41) is 9.04. The van der Waals surface area contributed by atoms with Gasteiger partial charge in [0.15, 0.2) is 0 Å². The molecule has 1 heterocycles. The molecule has 1 aliphatic rings. The minimum atomic E-state index is -1.02. The Kier molecular flexibility index (Phi) is 5.63. The average molecular weight is 380 g/mol. The van der Waals surface area contributed by atoms with Gasteiger partial charge in [-0.05, 0) is 62.5 Å². The highest BCUT2D eigenvalue weighted by molar-refractivity contribution is 6.63. The van der Waals surface area contributed by atoms with Gasteiger partial charge in [0.1, 0.15) is 12.4 Å². The molecule has 1 aliphatic heterocycles. The van der Waals surface area contributed by atoms with Gasteiger partial charge in [-0.2, -0.15) is 0 Å². The molecular formula is C22H25BO5. The number of carboxylic acids is 1. The van der Waals surface area contributed by atoms with Crippen LogP contribution in [0.5, 0.6) is 5.75 Å². The van der Waals surface area contributed by atoms with Crippen LogP contribution in [0.4, 0.5) is 0 Å². The Bertz CT molecular complexity index is 858. The third-order valence-corrected chi connectivity index (χ3v) is 5.22. The second-order valence-corrected chi connectivity index (χ2v) is 7.82. The third kappa shape index (κ3) is 4.46. The maximum absolute atomic E-state index is 11.0. The van der Waals surface area contributed by atoms with Crippen molar-refractivity contribution in [1.82, 2.24) is 0 Å². The average Bonchev–Trinajstić information content (AvgIpc) is 2.86. The van der Waals surface area contributed by atoms with Crippen LogP contribution in [0.25, 0.3) is 6.08 Å². The van der Waals surface area contributed by atoms with E-state index in [2.05, 4.69) is 0 Å². The maximum atomic E-state index is 11.0. The van der Waals surface area contributed by atoms with E-state index in [1.54, 1.807) is 0 Å². The van der Waals surface area contributed by atoms with E-state index in [0.29, 0.717) is 17.9 Å². The molecule has 6 heteroatoms. The van der Waals surface area contributed by atoms with Crippen LogP contribution < -0.4 is 10.2 Å². The van der Waals surface area contributed by atoms with Crippen LogP contribution in [0, 0.1) is 0 Å². The fourth-order valence-corrected chi connectivity index (χ4v) is 2.87. The van der Waals surface area contributed by atoms with Crippen LogP contribution in [-0.4, -0.2) is 29.4 Å². The molecule has 1 N–H and O–H groups in total. The van der Waals surface area contributed by atoms with Crippen molar-refractivity contribution in [2.45, 2.75) is 45.5 Å². The van der Waals surface area contributed by atoms with Gasteiger partial charge >= 0.3 is 13.1 Å². The molecule has 146 valence electrons. The summed E-state index contributed by atoms with van der Waals surface area (Å²) in [5.74, 6) is -0.371. The predicted molar refractivity (Wildman–Crippen MR) is 110 cm³/mol. The summed E-state index contributed by atoms with van der Waals surface area (Å²) >= 11 is 0. The zero-order valence-electron chi connectivity index (χ0n) is 16.6. The molecule has 0 bridgehead atoms. The van der Waals surface area contributed by atoms with Gasteiger partial charge in [-0.15, -0.1) is 0 Å². The molecule has 0 radical (unpaired) electrons. The summed E-state index contributed by atoms with van der Waals surface area (Å²) < 4.78 is 18.1. The fraction of sp³-hybridized carbons (Fsp3) is 0.318. The van der Waals surface area contributed by atoms with Gasteiger partial charge in [-0.1, -0.05) is 36.4 Å².